The highest BCUT2D eigenvalue weighted by molar-refractivity contribution is 6.00. The molecule has 0 fully saturated rings. The lowest BCUT2D eigenvalue weighted by atomic mass is 9.62. The van der Waals surface area contributed by atoms with Gasteiger partial charge in [-0.3, -0.25) is 0 Å². The summed E-state index contributed by atoms with van der Waals surface area (Å²) in [6, 6.07) is 55.9. The minimum Gasteiger partial charge on any atom is -0.457 e. The van der Waals surface area contributed by atoms with Crippen LogP contribution in [-0.2, 0) is 5.41 Å². The number of hydrogen-bond acceptors (Lipinski definition) is 2. The van der Waals surface area contributed by atoms with Crippen molar-refractivity contribution < 1.29 is 9.47 Å². The van der Waals surface area contributed by atoms with Crippen molar-refractivity contribution in [2.45, 2.75) is 5.41 Å². The van der Waals surface area contributed by atoms with Gasteiger partial charge in [0.2, 0.25) is 0 Å². The monoisotopic (exact) mass is 550 g/mol. The predicted octanol–water partition coefficient (Wildman–Crippen LogP) is 10.8. The van der Waals surface area contributed by atoms with Crippen LogP contribution >= 0.6 is 0 Å². The van der Waals surface area contributed by atoms with Gasteiger partial charge in [-0.1, -0.05) is 121 Å². The Morgan fingerprint density at radius 2 is 1.05 bits per heavy atom. The summed E-state index contributed by atoms with van der Waals surface area (Å²) in [5.41, 5.74) is 8.60. The Labute approximate surface area is 250 Å². The van der Waals surface area contributed by atoms with Crippen LogP contribution in [0.2, 0.25) is 0 Å². The molecule has 0 aliphatic carbocycles. The first kappa shape index (κ1) is 24.0. The van der Waals surface area contributed by atoms with Gasteiger partial charge in [-0.05, 0) is 75.0 Å². The highest BCUT2D eigenvalue weighted by atomic mass is 16.5. The normalized spacial score (nSPS) is 15.9. The zero-order chi connectivity index (χ0) is 28.4. The van der Waals surface area contributed by atoms with Gasteiger partial charge in [0, 0.05) is 11.1 Å². The molecule has 43 heavy (non-hydrogen) atoms. The Morgan fingerprint density at radius 1 is 0.395 bits per heavy atom. The molecule has 0 radical (unpaired) electrons. The molecule has 2 aliphatic heterocycles. The molecule has 202 valence electrons. The number of rotatable bonds is 3. The quantitative estimate of drug-likeness (QED) is 0.218. The highest BCUT2D eigenvalue weighted by Crippen LogP contribution is 2.62. The van der Waals surface area contributed by atoms with Crippen LogP contribution in [0.5, 0.6) is 23.0 Å². The van der Waals surface area contributed by atoms with E-state index in [-0.39, 0.29) is 0 Å². The average Bonchev–Trinajstić information content (AvgIpc) is 3.08. The standard InChI is InChI=1S/C41H26O2/c1-3-12-27(13-4-1)30-24-28-14-7-8-17-32(28)33(25-30)29-22-23-35-39(26-29)43-38-21-11-20-37-40(38)41(35,31-15-5-2-6-16-31)34-18-9-10-19-36(34)42-37/h1-26H. The zero-order valence-corrected chi connectivity index (χ0v) is 23.3. The highest BCUT2D eigenvalue weighted by Gasteiger charge is 2.51. The molecule has 7 aromatic rings. The summed E-state index contributed by atoms with van der Waals surface area (Å²) >= 11 is 0. The van der Waals surface area contributed by atoms with Gasteiger partial charge in [0.05, 0.1) is 11.0 Å². The molecular formula is C41H26O2. The molecule has 0 aromatic heterocycles. The molecule has 0 saturated heterocycles. The number of hydrogen-bond donors (Lipinski definition) is 0. The molecule has 2 heterocycles. The third kappa shape index (κ3) is 3.47. The average molecular weight is 551 g/mol. The molecular weight excluding hydrogens is 524 g/mol. The Hall–Kier alpha value is -5.60. The van der Waals surface area contributed by atoms with Crippen LogP contribution < -0.4 is 9.47 Å². The topological polar surface area (TPSA) is 18.5 Å². The van der Waals surface area contributed by atoms with Gasteiger partial charge in [-0.15, -0.1) is 0 Å². The first-order valence-corrected chi connectivity index (χ1v) is 14.7. The summed E-state index contributed by atoms with van der Waals surface area (Å²) in [6.45, 7) is 0. The molecule has 0 spiro atoms. The van der Waals surface area contributed by atoms with E-state index in [2.05, 4.69) is 146 Å². The Morgan fingerprint density at radius 3 is 1.88 bits per heavy atom. The maximum atomic E-state index is 6.79. The summed E-state index contributed by atoms with van der Waals surface area (Å²) in [7, 11) is 0. The molecule has 7 aromatic carbocycles. The van der Waals surface area contributed by atoms with Crippen molar-refractivity contribution in [3.8, 4) is 45.3 Å². The molecule has 2 nitrogen and oxygen atoms in total. The number of para-hydroxylation sites is 1. The van der Waals surface area contributed by atoms with Crippen molar-refractivity contribution in [1.82, 2.24) is 0 Å². The molecule has 1 atom stereocenters. The van der Waals surface area contributed by atoms with Gasteiger partial charge in [-0.2, -0.15) is 0 Å². The second-order valence-electron chi connectivity index (χ2n) is 11.3. The summed E-state index contributed by atoms with van der Waals surface area (Å²) in [5.74, 6) is 3.38. The van der Waals surface area contributed by atoms with E-state index < -0.39 is 5.41 Å². The van der Waals surface area contributed by atoms with Crippen LogP contribution in [0.3, 0.4) is 0 Å². The van der Waals surface area contributed by atoms with Crippen molar-refractivity contribution in [3.05, 3.63) is 180 Å². The molecule has 9 rings (SSSR count). The number of fused-ring (bicyclic) bond motifs is 5. The summed E-state index contributed by atoms with van der Waals surface area (Å²) in [4.78, 5) is 0. The van der Waals surface area contributed by atoms with Crippen LogP contribution in [-0.4, -0.2) is 0 Å². The van der Waals surface area contributed by atoms with E-state index >= 15 is 0 Å². The molecule has 2 aliphatic rings. The van der Waals surface area contributed by atoms with E-state index in [1.165, 1.54) is 33.0 Å². The van der Waals surface area contributed by atoms with Crippen molar-refractivity contribution in [1.29, 1.82) is 0 Å². The fourth-order valence-corrected chi connectivity index (χ4v) is 7.14. The van der Waals surface area contributed by atoms with Crippen LogP contribution in [0.1, 0.15) is 22.3 Å². The van der Waals surface area contributed by atoms with Gasteiger partial charge in [0.25, 0.3) is 0 Å². The lowest BCUT2D eigenvalue weighted by Crippen LogP contribution is -2.36. The first-order chi connectivity index (χ1) is 21.3. The van der Waals surface area contributed by atoms with E-state index in [0.717, 1.165) is 45.3 Å². The van der Waals surface area contributed by atoms with Crippen LogP contribution in [0, 0.1) is 0 Å². The Balaban J connectivity index is 1.33. The van der Waals surface area contributed by atoms with Crippen molar-refractivity contribution in [3.63, 3.8) is 0 Å². The minimum atomic E-state index is -0.581. The summed E-state index contributed by atoms with van der Waals surface area (Å²) < 4.78 is 13.3. The molecule has 0 saturated carbocycles. The molecule has 1 unspecified atom stereocenters. The smallest absolute Gasteiger partial charge is 0.135 e. The van der Waals surface area contributed by atoms with E-state index in [1.54, 1.807) is 0 Å². The van der Waals surface area contributed by atoms with E-state index in [0.29, 0.717) is 0 Å². The van der Waals surface area contributed by atoms with Gasteiger partial charge in [-0.25, -0.2) is 0 Å². The van der Waals surface area contributed by atoms with E-state index in [9.17, 15) is 0 Å². The zero-order valence-electron chi connectivity index (χ0n) is 23.3. The maximum absolute atomic E-state index is 6.79. The fourth-order valence-electron chi connectivity index (χ4n) is 7.14. The lowest BCUT2D eigenvalue weighted by molar-refractivity contribution is 0.385. The predicted molar refractivity (Wildman–Crippen MR) is 173 cm³/mol. The largest absolute Gasteiger partial charge is 0.457 e. The maximum Gasteiger partial charge on any atom is 0.135 e. The minimum absolute atomic E-state index is 0.581. The second-order valence-corrected chi connectivity index (χ2v) is 11.3. The van der Waals surface area contributed by atoms with E-state index in [4.69, 9.17) is 9.47 Å². The van der Waals surface area contributed by atoms with Crippen molar-refractivity contribution in [2.75, 3.05) is 0 Å². The summed E-state index contributed by atoms with van der Waals surface area (Å²) in [6.07, 6.45) is 0. The van der Waals surface area contributed by atoms with Crippen LogP contribution in [0.15, 0.2) is 158 Å². The molecule has 0 bridgehead atoms. The summed E-state index contributed by atoms with van der Waals surface area (Å²) in [5, 5.41) is 2.43. The molecule has 2 heteroatoms. The van der Waals surface area contributed by atoms with Gasteiger partial charge < -0.3 is 9.47 Å². The van der Waals surface area contributed by atoms with Crippen molar-refractivity contribution in [2.24, 2.45) is 0 Å². The number of benzene rings is 7. The number of ether oxygens (including phenoxy) is 2. The lowest BCUT2D eigenvalue weighted by Gasteiger charge is -2.45. The van der Waals surface area contributed by atoms with Crippen molar-refractivity contribution >= 4 is 10.8 Å². The Bertz CT molecular complexity index is 2180. The van der Waals surface area contributed by atoms with Crippen LogP contribution in [0.4, 0.5) is 0 Å². The molecule has 0 N–H and O–H groups in total. The first-order valence-electron chi connectivity index (χ1n) is 14.7. The third-order valence-corrected chi connectivity index (χ3v) is 8.97. The van der Waals surface area contributed by atoms with E-state index in [1.807, 2.05) is 12.1 Å². The molecule has 0 amide bonds. The fraction of sp³-hybridized carbons (Fsp3) is 0.0244. The third-order valence-electron chi connectivity index (χ3n) is 8.97. The van der Waals surface area contributed by atoms with Gasteiger partial charge in [0.15, 0.2) is 0 Å². The van der Waals surface area contributed by atoms with Crippen LogP contribution in [0.25, 0.3) is 33.0 Å². The second kappa shape index (κ2) is 9.20. The van der Waals surface area contributed by atoms with Gasteiger partial charge in [0.1, 0.15) is 23.0 Å². The SMILES string of the molecule is c1ccc(-c2cc(-c3ccc4c(c3)Oc3cccc5c3C4(c3ccccc3)c3ccccc3O5)c3ccccc3c2)cc1. The Kier molecular flexibility index (Phi) is 5.15. The van der Waals surface area contributed by atoms with Gasteiger partial charge >= 0.3 is 0 Å².